The molecule has 0 radical (unpaired) electrons. The van der Waals surface area contributed by atoms with Crippen molar-refractivity contribution in [2.75, 3.05) is 20.0 Å². The summed E-state index contributed by atoms with van der Waals surface area (Å²) in [5.74, 6) is -0.447. The molecule has 0 saturated heterocycles. The summed E-state index contributed by atoms with van der Waals surface area (Å²) >= 11 is 0. The van der Waals surface area contributed by atoms with E-state index in [1.54, 1.807) is 24.5 Å². The zero-order valence-corrected chi connectivity index (χ0v) is 17.7. The predicted molar refractivity (Wildman–Crippen MR) is 113 cm³/mol. The van der Waals surface area contributed by atoms with E-state index in [4.69, 9.17) is 15.2 Å². The highest BCUT2D eigenvalue weighted by Crippen LogP contribution is 2.34. The van der Waals surface area contributed by atoms with Crippen molar-refractivity contribution < 1.29 is 27.5 Å². The molecule has 0 spiro atoms. The standard InChI is InChI=1S/C22H20N2O6S/c1-29-16-5-7-17(8-6-16)31(27,28)21-18(22(26)30-2)11-15(20(23)19(21)13-25)10-14-4-3-9-24-12-14/h3-9,11-13H,10,23H2,1-2H3. The van der Waals surface area contributed by atoms with Crippen LogP contribution >= 0.6 is 0 Å². The Morgan fingerprint density at radius 2 is 1.87 bits per heavy atom. The summed E-state index contributed by atoms with van der Waals surface area (Å²) in [6, 6.07) is 10.4. The number of benzene rings is 2. The highest BCUT2D eigenvalue weighted by atomic mass is 32.2. The minimum absolute atomic E-state index is 0.0291. The normalized spacial score (nSPS) is 11.0. The summed E-state index contributed by atoms with van der Waals surface area (Å²) < 4.78 is 36.7. The van der Waals surface area contributed by atoms with Gasteiger partial charge in [0, 0.05) is 24.5 Å². The van der Waals surface area contributed by atoms with Crippen LogP contribution in [0.3, 0.4) is 0 Å². The molecule has 9 heteroatoms. The number of nitrogens with two attached hydrogens (primary N) is 1. The van der Waals surface area contributed by atoms with Crippen LogP contribution in [0.1, 0.15) is 31.8 Å². The van der Waals surface area contributed by atoms with Crippen LogP contribution in [0.15, 0.2) is 64.6 Å². The first kappa shape index (κ1) is 22.0. The quantitative estimate of drug-likeness (QED) is 0.338. The summed E-state index contributed by atoms with van der Waals surface area (Å²) in [6.45, 7) is 0. The van der Waals surface area contributed by atoms with Crippen LogP contribution in [0.5, 0.6) is 5.75 Å². The van der Waals surface area contributed by atoms with Gasteiger partial charge in [0.15, 0.2) is 6.29 Å². The minimum Gasteiger partial charge on any atom is -0.497 e. The summed E-state index contributed by atoms with van der Waals surface area (Å²) in [6.07, 6.45) is 3.80. The van der Waals surface area contributed by atoms with Crippen molar-refractivity contribution in [1.82, 2.24) is 4.98 Å². The van der Waals surface area contributed by atoms with Gasteiger partial charge in [-0.25, -0.2) is 13.2 Å². The van der Waals surface area contributed by atoms with Crippen molar-refractivity contribution in [3.63, 3.8) is 0 Å². The number of ether oxygens (including phenoxy) is 2. The zero-order chi connectivity index (χ0) is 22.6. The molecule has 160 valence electrons. The monoisotopic (exact) mass is 440 g/mol. The molecule has 0 unspecified atom stereocenters. The van der Waals surface area contributed by atoms with Crippen LogP contribution < -0.4 is 10.5 Å². The molecule has 0 aliphatic carbocycles. The van der Waals surface area contributed by atoms with Crippen LogP contribution in [0.4, 0.5) is 5.69 Å². The highest BCUT2D eigenvalue weighted by Gasteiger charge is 2.31. The van der Waals surface area contributed by atoms with Gasteiger partial charge in [-0.05, 0) is 47.5 Å². The van der Waals surface area contributed by atoms with Gasteiger partial charge in [-0.3, -0.25) is 9.78 Å². The van der Waals surface area contributed by atoms with Gasteiger partial charge in [-0.1, -0.05) is 6.07 Å². The smallest absolute Gasteiger partial charge is 0.339 e. The number of aldehydes is 1. The number of carbonyl (C=O) groups is 2. The van der Waals surface area contributed by atoms with Crippen LogP contribution in [0.2, 0.25) is 0 Å². The first-order chi connectivity index (χ1) is 14.8. The molecule has 0 amide bonds. The van der Waals surface area contributed by atoms with Crippen molar-refractivity contribution in [2.45, 2.75) is 16.2 Å². The highest BCUT2D eigenvalue weighted by molar-refractivity contribution is 7.91. The van der Waals surface area contributed by atoms with E-state index in [2.05, 4.69) is 4.98 Å². The van der Waals surface area contributed by atoms with Gasteiger partial charge in [0.2, 0.25) is 9.84 Å². The third-order valence-corrected chi connectivity index (χ3v) is 6.59. The molecule has 0 aliphatic heterocycles. The number of nitrogens with zero attached hydrogens (tertiary/aromatic N) is 1. The Hall–Kier alpha value is -3.72. The Labute approximate surface area is 179 Å². The van der Waals surface area contributed by atoms with Crippen LogP contribution in [-0.2, 0) is 21.0 Å². The van der Waals surface area contributed by atoms with Crippen molar-refractivity contribution in [2.24, 2.45) is 0 Å². The van der Waals surface area contributed by atoms with E-state index in [1.807, 2.05) is 0 Å². The molecular formula is C22H20N2O6S. The molecule has 31 heavy (non-hydrogen) atoms. The van der Waals surface area contributed by atoms with Crippen LogP contribution in [-0.4, -0.2) is 39.9 Å². The zero-order valence-electron chi connectivity index (χ0n) is 16.9. The average molecular weight is 440 g/mol. The molecule has 1 heterocycles. The second-order valence-electron chi connectivity index (χ2n) is 6.57. The van der Waals surface area contributed by atoms with Gasteiger partial charge in [-0.2, -0.15) is 0 Å². The Bertz CT molecular complexity index is 1220. The molecule has 0 aliphatic rings. The van der Waals surface area contributed by atoms with Gasteiger partial charge in [0.25, 0.3) is 0 Å². The van der Waals surface area contributed by atoms with Crippen molar-refractivity contribution in [3.05, 3.63) is 77.1 Å². The molecular weight excluding hydrogens is 420 g/mol. The summed E-state index contributed by atoms with van der Waals surface area (Å²) in [5, 5.41) is 0. The second-order valence-corrected chi connectivity index (χ2v) is 8.45. The van der Waals surface area contributed by atoms with Gasteiger partial charge in [0.05, 0.1) is 35.1 Å². The number of hydrogen-bond donors (Lipinski definition) is 1. The molecule has 2 N–H and O–H groups in total. The van der Waals surface area contributed by atoms with Crippen molar-refractivity contribution in [3.8, 4) is 5.75 Å². The van der Waals surface area contributed by atoms with Gasteiger partial charge in [-0.15, -0.1) is 0 Å². The molecule has 3 rings (SSSR count). The Balaban J connectivity index is 2.26. The van der Waals surface area contributed by atoms with E-state index in [0.29, 0.717) is 17.6 Å². The fourth-order valence-corrected chi connectivity index (χ4v) is 4.78. The second kappa shape index (κ2) is 8.97. The largest absolute Gasteiger partial charge is 0.497 e. The van der Waals surface area contributed by atoms with Crippen LogP contribution in [0.25, 0.3) is 0 Å². The number of methoxy groups -OCH3 is 2. The topological polar surface area (TPSA) is 126 Å². The number of anilines is 1. The lowest BCUT2D eigenvalue weighted by Gasteiger charge is -2.17. The predicted octanol–water partition coefficient (Wildman–Crippen LogP) is 2.70. The molecule has 0 atom stereocenters. The van der Waals surface area contributed by atoms with Crippen molar-refractivity contribution >= 4 is 27.8 Å². The third kappa shape index (κ3) is 4.26. The maximum Gasteiger partial charge on any atom is 0.339 e. The number of nitrogen functional groups attached to an aromatic ring is 1. The maximum atomic E-state index is 13.4. The molecule has 0 fully saturated rings. The molecule has 0 bridgehead atoms. The van der Waals surface area contributed by atoms with Gasteiger partial charge >= 0.3 is 5.97 Å². The number of hydrogen-bond acceptors (Lipinski definition) is 8. The van der Waals surface area contributed by atoms with E-state index in [0.717, 1.165) is 12.7 Å². The number of pyridine rings is 1. The van der Waals surface area contributed by atoms with E-state index in [9.17, 15) is 18.0 Å². The SMILES string of the molecule is COC(=O)c1cc(Cc2cccnc2)c(N)c(C=O)c1S(=O)(=O)c1ccc(OC)cc1. The lowest BCUT2D eigenvalue weighted by molar-refractivity contribution is 0.0596. The number of esters is 1. The summed E-state index contributed by atoms with van der Waals surface area (Å²) in [5.41, 5.74) is 6.77. The third-order valence-electron chi connectivity index (χ3n) is 4.72. The Morgan fingerprint density at radius 1 is 1.16 bits per heavy atom. The first-order valence-electron chi connectivity index (χ1n) is 9.10. The van der Waals surface area contributed by atoms with Crippen molar-refractivity contribution in [1.29, 1.82) is 0 Å². The fourth-order valence-electron chi connectivity index (χ4n) is 3.17. The molecule has 0 saturated carbocycles. The Morgan fingerprint density at radius 3 is 2.42 bits per heavy atom. The molecule has 1 aromatic heterocycles. The van der Waals surface area contributed by atoms with E-state index >= 15 is 0 Å². The fraction of sp³-hybridized carbons (Fsp3) is 0.136. The van der Waals surface area contributed by atoms with Gasteiger partial charge < -0.3 is 15.2 Å². The van der Waals surface area contributed by atoms with Crippen LogP contribution in [0, 0.1) is 0 Å². The Kier molecular flexibility index (Phi) is 6.36. The first-order valence-corrected chi connectivity index (χ1v) is 10.6. The van der Waals surface area contributed by atoms with E-state index in [1.165, 1.54) is 37.4 Å². The molecule has 3 aromatic rings. The number of aromatic nitrogens is 1. The van der Waals surface area contributed by atoms with E-state index < -0.39 is 20.7 Å². The number of rotatable bonds is 7. The lowest BCUT2D eigenvalue weighted by Crippen LogP contribution is -2.17. The average Bonchev–Trinajstić information content (AvgIpc) is 2.80. The maximum absolute atomic E-state index is 13.4. The summed E-state index contributed by atoms with van der Waals surface area (Å²) in [4.78, 5) is 27.9. The van der Waals surface area contributed by atoms with E-state index in [-0.39, 0.29) is 28.1 Å². The minimum atomic E-state index is -4.28. The molecule has 2 aromatic carbocycles. The number of carbonyl (C=O) groups excluding carboxylic acids is 2. The molecule has 8 nitrogen and oxygen atoms in total. The van der Waals surface area contributed by atoms with Gasteiger partial charge in [0.1, 0.15) is 5.75 Å². The summed E-state index contributed by atoms with van der Waals surface area (Å²) in [7, 11) is -1.71. The number of sulfone groups is 1. The lowest BCUT2D eigenvalue weighted by atomic mass is 9.98.